The Morgan fingerprint density at radius 1 is 0.602 bits per heavy atom. The second-order valence-corrected chi connectivity index (χ2v) is 20.4. The number of thiocarbonyl (C=S) groups is 1. The van der Waals surface area contributed by atoms with Crippen molar-refractivity contribution in [2.75, 3.05) is 46.2 Å². The third-order valence-corrected chi connectivity index (χ3v) is 14.4. The molecule has 8 unspecified atom stereocenters. The lowest BCUT2D eigenvalue weighted by Crippen LogP contribution is -2.72. The number of aliphatic imine (C=N–C) groups is 1. The van der Waals surface area contributed by atoms with Crippen molar-refractivity contribution in [3.8, 4) is 0 Å². The van der Waals surface area contributed by atoms with Crippen LogP contribution in [0.5, 0.6) is 0 Å². The molecule has 0 aliphatic carbocycles. The van der Waals surface area contributed by atoms with Crippen LogP contribution in [0.15, 0.2) is 4.99 Å². The molecule has 5 aliphatic heterocycles. The van der Waals surface area contributed by atoms with Crippen LogP contribution >= 0.6 is 12.2 Å². The van der Waals surface area contributed by atoms with Crippen molar-refractivity contribution >= 4 is 47.0 Å². The lowest BCUT2D eigenvalue weighted by Gasteiger charge is -2.52. The summed E-state index contributed by atoms with van der Waals surface area (Å²) in [7, 11) is 0. The summed E-state index contributed by atoms with van der Waals surface area (Å²) in [6, 6.07) is -5.56. The Labute approximate surface area is 475 Å². The van der Waals surface area contributed by atoms with Gasteiger partial charge in [-0.15, -0.1) is 0 Å². The van der Waals surface area contributed by atoms with E-state index in [-0.39, 0.29) is 19.6 Å². The van der Waals surface area contributed by atoms with Gasteiger partial charge in [0.15, 0.2) is 18.9 Å². The average molecular weight is 1230 g/mol. The standard InChI is InChI=1S/C46H74N4O32S/c1-15(56)48-25-18(59)7-45(43(69)70,80-37(25)28(62)20(61)9-51)79-22(11-53)30(64)38-26(49-16(2)57)19(60)8-46(81-38,44(71)72)82-39-34(68)42(77-35-23(12-54)75-41(33(67)32(35)66)73-6-4-5-47-14-83)76-24(13-55)36(39)78-40-27(50-17(3)58)31(65)29(63)21(10-52)74-40/h18-42,51-55,59-68H,4-13H2,1-3H3,(H,48,56)(H,49,57)(H,50,58)(H,69,70)(H,71,72)/t18-,19-,20-,21?,22-,23?,24?,25-,26-,27?,28-,29-,30-,31-,32-,33?,34?,35-,36+,37?,38?,39-,40+,41-,42+,45-,46+/m1/s1. The molecule has 476 valence electrons. The lowest BCUT2D eigenvalue weighted by atomic mass is 9.87. The SMILES string of the molecule is CC(=O)NC1[C@H](O[C@H]2C(CO)O[C@@H](O[C@@H]3C(CO)O[C@@H](OCCCN=C=S)C(O)[C@H]3O)C(O)[C@H]2O[C@]2(C(=O)O)C[C@@H](O)[C@@H](NC(C)=O)C([C@H](O)[C@@H](CO)O[C@]3(C(=O)O)C[C@@H](O)[C@@H](NC(C)=O)C([C@H](O)[C@H](O)CO)O3)O2)OC(CO)[C@@H](O)[C@@H]1O. The Morgan fingerprint density at radius 3 is 1.61 bits per heavy atom. The normalized spacial score (nSPS) is 40.8. The van der Waals surface area contributed by atoms with Crippen LogP contribution in [0.2, 0.25) is 0 Å². The topological polar surface area (TPSA) is 570 Å². The van der Waals surface area contributed by atoms with Crippen molar-refractivity contribution in [1.29, 1.82) is 0 Å². The first-order valence-corrected chi connectivity index (χ1v) is 26.3. The van der Waals surface area contributed by atoms with Gasteiger partial charge in [0.2, 0.25) is 17.7 Å². The molecule has 0 radical (unpaired) electrons. The fourth-order valence-electron chi connectivity index (χ4n) is 10.2. The van der Waals surface area contributed by atoms with Gasteiger partial charge in [-0.3, -0.25) is 14.4 Å². The number of nitrogens with one attached hydrogen (secondary N) is 3. The summed E-state index contributed by atoms with van der Waals surface area (Å²) >= 11 is 4.53. The van der Waals surface area contributed by atoms with Crippen LogP contribution < -0.4 is 16.0 Å². The molecular formula is C46H74N4O32S. The van der Waals surface area contributed by atoms with Crippen LogP contribution in [0.4, 0.5) is 0 Å². The Morgan fingerprint density at radius 2 is 1.10 bits per heavy atom. The van der Waals surface area contributed by atoms with Gasteiger partial charge < -0.3 is 150 Å². The molecule has 27 atom stereocenters. The monoisotopic (exact) mass is 1230 g/mol. The number of hydrogen-bond acceptors (Lipinski definition) is 32. The molecule has 36 nitrogen and oxygen atoms in total. The molecule has 0 aromatic heterocycles. The highest BCUT2D eigenvalue weighted by Crippen LogP contribution is 2.42. The van der Waals surface area contributed by atoms with E-state index >= 15 is 0 Å². The van der Waals surface area contributed by atoms with Gasteiger partial charge in [-0.05, 0) is 18.6 Å². The van der Waals surface area contributed by atoms with E-state index in [0.717, 1.165) is 20.8 Å². The Kier molecular flexibility index (Phi) is 25.8. The number of ether oxygens (including phenoxy) is 10. The number of rotatable bonds is 27. The average Bonchev–Trinajstić information content (AvgIpc) is 3.57. The Bertz CT molecular complexity index is 2210. The number of carbonyl (C=O) groups excluding carboxylic acids is 3. The van der Waals surface area contributed by atoms with E-state index < -0.39 is 240 Å². The first kappa shape index (κ1) is 69.9. The fraction of sp³-hybridized carbons (Fsp3) is 0.870. The largest absolute Gasteiger partial charge is 0.477 e. The van der Waals surface area contributed by atoms with Gasteiger partial charge in [0.1, 0.15) is 110 Å². The molecule has 37 heteroatoms. The summed E-state index contributed by atoms with van der Waals surface area (Å²) in [5.41, 5.74) is 0. The van der Waals surface area contributed by atoms with E-state index in [1.54, 1.807) is 0 Å². The minimum Gasteiger partial charge on any atom is -0.477 e. The molecule has 5 fully saturated rings. The number of aliphatic carboxylic acids is 2. The highest BCUT2D eigenvalue weighted by atomic mass is 32.1. The number of nitrogens with zero attached hydrogens (tertiary/aromatic N) is 1. The summed E-state index contributed by atoms with van der Waals surface area (Å²) in [6.07, 6.45) is -49.7. The van der Waals surface area contributed by atoms with Crippen LogP contribution in [0.1, 0.15) is 40.0 Å². The van der Waals surface area contributed by atoms with E-state index in [9.17, 15) is 111 Å². The summed E-state index contributed by atoms with van der Waals surface area (Å²) in [5.74, 6) is -14.1. The second kappa shape index (κ2) is 30.7. The lowest BCUT2D eigenvalue weighted by molar-refractivity contribution is -0.402. The molecule has 0 saturated carbocycles. The number of carboxylic acid groups (broad SMARTS) is 2. The summed E-state index contributed by atoms with van der Waals surface area (Å²) in [4.78, 5) is 68.0. The first-order valence-electron chi connectivity index (χ1n) is 25.9. The summed E-state index contributed by atoms with van der Waals surface area (Å²) in [5, 5.41) is 196. The number of aliphatic hydroxyl groups excluding tert-OH is 15. The van der Waals surface area contributed by atoms with E-state index in [2.05, 4.69) is 38.3 Å². The zero-order chi connectivity index (χ0) is 62.0. The molecule has 20 N–H and O–H groups in total. The van der Waals surface area contributed by atoms with Crippen LogP contribution in [0.25, 0.3) is 0 Å². The molecule has 0 bridgehead atoms. The van der Waals surface area contributed by atoms with Crippen molar-refractivity contribution in [2.45, 2.75) is 205 Å². The molecule has 5 heterocycles. The molecule has 5 saturated heterocycles. The van der Waals surface area contributed by atoms with Gasteiger partial charge in [0.05, 0.1) is 75.6 Å². The third kappa shape index (κ3) is 16.2. The molecule has 5 rings (SSSR count). The minimum absolute atomic E-state index is 0.129. The third-order valence-electron chi connectivity index (χ3n) is 14.2. The number of carbonyl (C=O) groups is 5. The second-order valence-electron chi connectivity index (χ2n) is 20.2. The highest BCUT2D eigenvalue weighted by molar-refractivity contribution is 7.78. The van der Waals surface area contributed by atoms with Crippen molar-refractivity contribution in [2.24, 2.45) is 4.99 Å². The highest BCUT2D eigenvalue weighted by Gasteiger charge is 2.63. The van der Waals surface area contributed by atoms with Crippen molar-refractivity contribution in [1.82, 2.24) is 16.0 Å². The predicted octanol–water partition coefficient (Wildman–Crippen LogP) is -11.6. The van der Waals surface area contributed by atoms with Crippen LogP contribution in [0.3, 0.4) is 0 Å². The smallest absolute Gasteiger partial charge is 0.364 e. The maximum absolute atomic E-state index is 13.9. The molecule has 83 heavy (non-hydrogen) atoms. The van der Waals surface area contributed by atoms with E-state index in [0.29, 0.717) is 0 Å². The number of carboxylic acids is 2. The predicted molar refractivity (Wildman–Crippen MR) is 264 cm³/mol. The minimum atomic E-state index is -3.54. The Hall–Kier alpha value is -3.85. The van der Waals surface area contributed by atoms with Gasteiger partial charge >= 0.3 is 11.9 Å². The summed E-state index contributed by atoms with van der Waals surface area (Å²) in [6.45, 7) is -3.15. The number of amides is 3. The van der Waals surface area contributed by atoms with E-state index in [1.807, 2.05) is 0 Å². The van der Waals surface area contributed by atoms with Crippen molar-refractivity contribution < 1.29 is 158 Å². The van der Waals surface area contributed by atoms with Crippen LogP contribution in [-0.2, 0) is 71.3 Å². The zero-order valence-electron chi connectivity index (χ0n) is 44.6. The maximum atomic E-state index is 13.9. The number of hydrogen-bond donors (Lipinski definition) is 20. The van der Waals surface area contributed by atoms with Crippen molar-refractivity contribution in [3.05, 3.63) is 0 Å². The van der Waals surface area contributed by atoms with Gasteiger partial charge in [-0.1, -0.05) is 0 Å². The molecule has 0 spiro atoms. The fourth-order valence-corrected chi connectivity index (χ4v) is 10.2. The summed E-state index contributed by atoms with van der Waals surface area (Å²) < 4.78 is 58.1. The maximum Gasteiger partial charge on any atom is 0.364 e. The van der Waals surface area contributed by atoms with Crippen molar-refractivity contribution in [3.63, 3.8) is 0 Å². The molecule has 3 amide bonds. The molecular weight excluding hydrogens is 1150 g/mol. The quantitative estimate of drug-likeness (QED) is 0.0206. The molecule has 0 aromatic carbocycles. The first-order chi connectivity index (χ1) is 39.1. The van der Waals surface area contributed by atoms with Crippen LogP contribution in [0, 0.1) is 0 Å². The van der Waals surface area contributed by atoms with Crippen LogP contribution in [-0.4, -0.2) is 332 Å². The van der Waals surface area contributed by atoms with Gasteiger partial charge in [-0.2, -0.15) is 0 Å². The van der Waals surface area contributed by atoms with Gasteiger partial charge in [-0.25, -0.2) is 14.6 Å². The zero-order valence-corrected chi connectivity index (χ0v) is 45.4. The van der Waals surface area contributed by atoms with Gasteiger partial charge in [0.25, 0.3) is 11.6 Å². The number of isothiocyanates is 1. The van der Waals surface area contributed by atoms with Gasteiger partial charge in [0, 0.05) is 33.6 Å². The molecule has 0 aromatic rings. The Balaban J connectivity index is 1.60. The number of aliphatic hydroxyl groups is 15. The molecule has 5 aliphatic rings. The van der Waals surface area contributed by atoms with E-state index in [1.165, 1.54) is 0 Å². The van der Waals surface area contributed by atoms with E-state index in [4.69, 9.17) is 47.4 Å².